The molecule has 1 aromatic heterocycles. The number of anilines is 1. The molecule has 128 valence electrons. The SMILES string of the molecule is Cc1ccccc1NC(=S)NC[C@@H](c1cccs1)N1CCOCC1. The van der Waals surface area contributed by atoms with E-state index in [0.29, 0.717) is 11.2 Å². The predicted molar refractivity (Wildman–Crippen MR) is 105 cm³/mol. The van der Waals surface area contributed by atoms with Gasteiger partial charge < -0.3 is 15.4 Å². The van der Waals surface area contributed by atoms with Crippen molar-refractivity contribution in [2.45, 2.75) is 13.0 Å². The van der Waals surface area contributed by atoms with Gasteiger partial charge in [-0.2, -0.15) is 0 Å². The number of thiophene rings is 1. The Hall–Kier alpha value is -1.47. The van der Waals surface area contributed by atoms with Crippen molar-refractivity contribution in [1.29, 1.82) is 0 Å². The van der Waals surface area contributed by atoms with E-state index in [-0.39, 0.29) is 0 Å². The van der Waals surface area contributed by atoms with E-state index in [0.717, 1.165) is 38.5 Å². The van der Waals surface area contributed by atoms with Crippen LogP contribution in [0.2, 0.25) is 0 Å². The number of nitrogens with one attached hydrogen (secondary N) is 2. The first-order valence-electron chi connectivity index (χ1n) is 8.20. The summed E-state index contributed by atoms with van der Waals surface area (Å²) in [5, 5.41) is 9.48. The van der Waals surface area contributed by atoms with Crippen LogP contribution in [-0.2, 0) is 4.74 Å². The molecule has 2 heterocycles. The molecule has 0 amide bonds. The van der Waals surface area contributed by atoms with Gasteiger partial charge in [-0.1, -0.05) is 24.3 Å². The lowest BCUT2D eigenvalue weighted by molar-refractivity contribution is 0.0177. The van der Waals surface area contributed by atoms with E-state index in [1.807, 2.05) is 18.2 Å². The van der Waals surface area contributed by atoms with Crippen molar-refractivity contribution in [3.63, 3.8) is 0 Å². The molecule has 2 aromatic rings. The summed E-state index contributed by atoms with van der Waals surface area (Å²) in [6, 6.07) is 12.8. The number of thiocarbonyl (C=S) groups is 1. The zero-order valence-electron chi connectivity index (χ0n) is 13.8. The summed E-state index contributed by atoms with van der Waals surface area (Å²) in [6.45, 7) is 6.39. The normalized spacial score (nSPS) is 16.5. The fourth-order valence-electron chi connectivity index (χ4n) is 2.85. The van der Waals surface area contributed by atoms with E-state index < -0.39 is 0 Å². The van der Waals surface area contributed by atoms with Crippen molar-refractivity contribution in [2.75, 3.05) is 38.2 Å². The quantitative estimate of drug-likeness (QED) is 0.798. The van der Waals surface area contributed by atoms with Crippen molar-refractivity contribution in [3.8, 4) is 0 Å². The molecule has 0 unspecified atom stereocenters. The molecule has 1 atom stereocenters. The third kappa shape index (κ3) is 4.54. The fourth-order valence-corrected chi connectivity index (χ4v) is 3.90. The summed E-state index contributed by atoms with van der Waals surface area (Å²) in [5.74, 6) is 0. The molecular weight excluding hydrogens is 338 g/mol. The molecule has 24 heavy (non-hydrogen) atoms. The second-order valence-corrected chi connectivity index (χ2v) is 7.22. The van der Waals surface area contributed by atoms with Crippen LogP contribution in [0.15, 0.2) is 41.8 Å². The van der Waals surface area contributed by atoms with Gasteiger partial charge in [0.05, 0.1) is 19.3 Å². The second-order valence-electron chi connectivity index (χ2n) is 5.83. The molecule has 1 aliphatic rings. The Balaban J connectivity index is 1.61. The summed E-state index contributed by atoms with van der Waals surface area (Å²) in [7, 11) is 0. The topological polar surface area (TPSA) is 36.5 Å². The molecule has 1 aromatic carbocycles. The Morgan fingerprint density at radius 2 is 2.04 bits per heavy atom. The number of para-hydroxylation sites is 1. The fraction of sp³-hybridized carbons (Fsp3) is 0.389. The minimum absolute atomic E-state index is 0.325. The largest absolute Gasteiger partial charge is 0.379 e. The van der Waals surface area contributed by atoms with Crippen LogP contribution in [0.5, 0.6) is 0 Å². The van der Waals surface area contributed by atoms with Gasteiger partial charge in [-0.15, -0.1) is 11.3 Å². The van der Waals surface area contributed by atoms with Crippen molar-refractivity contribution in [3.05, 3.63) is 52.2 Å². The summed E-state index contributed by atoms with van der Waals surface area (Å²) in [5.41, 5.74) is 2.23. The first-order chi connectivity index (χ1) is 11.7. The van der Waals surface area contributed by atoms with E-state index in [1.165, 1.54) is 10.4 Å². The number of benzene rings is 1. The van der Waals surface area contributed by atoms with Gasteiger partial charge >= 0.3 is 0 Å². The van der Waals surface area contributed by atoms with E-state index >= 15 is 0 Å². The Bertz CT molecular complexity index is 654. The number of aryl methyl sites for hydroxylation is 1. The molecular formula is C18H23N3OS2. The van der Waals surface area contributed by atoms with Crippen LogP contribution in [0.25, 0.3) is 0 Å². The average Bonchev–Trinajstić information content (AvgIpc) is 3.12. The van der Waals surface area contributed by atoms with Crippen molar-refractivity contribution >= 4 is 34.4 Å². The summed E-state index contributed by atoms with van der Waals surface area (Å²) in [4.78, 5) is 3.83. The molecule has 0 radical (unpaired) electrons. The lowest BCUT2D eigenvalue weighted by Crippen LogP contribution is -2.44. The molecule has 0 spiro atoms. The molecule has 4 nitrogen and oxygen atoms in total. The van der Waals surface area contributed by atoms with E-state index in [2.05, 4.69) is 46.0 Å². The first-order valence-corrected chi connectivity index (χ1v) is 9.48. The van der Waals surface area contributed by atoms with Gasteiger partial charge in [-0.05, 0) is 42.2 Å². The average molecular weight is 362 g/mol. The van der Waals surface area contributed by atoms with Crippen LogP contribution in [0.3, 0.4) is 0 Å². The maximum atomic E-state index is 5.49. The standard InChI is InChI=1S/C18H23N3OS2/c1-14-5-2-3-6-15(14)20-18(23)19-13-16(17-7-4-12-24-17)21-8-10-22-11-9-21/h2-7,12,16H,8-11,13H2,1H3,(H2,19,20,23)/t16-/m0/s1. The van der Waals surface area contributed by atoms with Crippen LogP contribution in [-0.4, -0.2) is 42.9 Å². The zero-order valence-corrected chi connectivity index (χ0v) is 15.5. The number of nitrogens with zero attached hydrogens (tertiary/aromatic N) is 1. The highest BCUT2D eigenvalue weighted by molar-refractivity contribution is 7.80. The highest BCUT2D eigenvalue weighted by Crippen LogP contribution is 2.25. The summed E-state index contributed by atoms with van der Waals surface area (Å²) < 4.78 is 5.49. The molecule has 0 aliphatic carbocycles. The van der Waals surface area contributed by atoms with Crippen molar-refractivity contribution in [2.24, 2.45) is 0 Å². The molecule has 3 rings (SSSR count). The van der Waals surface area contributed by atoms with Gasteiger partial charge in [0, 0.05) is 30.2 Å². The highest BCUT2D eigenvalue weighted by atomic mass is 32.1. The molecule has 1 saturated heterocycles. The number of hydrogen-bond acceptors (Lipinski definition) is 4. The Morgan fingerprint density at radius 1 is 1.25 bits per heavy atom. The molecule has 0 bridgehead atoms. The van der Waals surface area contributed by atoms with Crippen LogP contribution >= 0.6 is 23.6 Å². The first kappa shape index (κ1) is 17.4. The van der Waals surface area contributed by atoms with E-state index in [9.17, 15) is 0 Å². The lowest BCUT2D eigenvalue weighted by atomic mass is 10.2. The van der Waals surface area contributed by atoms with Crippen LogP contribution < -0.4 is 10.6 Å². The van der Waals surface area contributed by atoms with Gasteiger partial charge in [-0.3, -0.25) is 4.90 Å². The minimum atomic E-state index is 0.325. The third-order valence-corrected chi connectivity index (χ3v) is 5.43. The van der Waals surface area contributed by atoms with E-state index in [1.54, 1.807) is 11.3 Å². The molecule has 6 heteroatoms. The van der Waals surface area contributed by atoms with Gasteiger partial charge in [-0.25, -0.2) is 0 Å². The Morgan fingerprint density at radius 3 is 2.75 bits per heavy atom. The van der Waals surface area contributed by atoms with Crippen molar-refractivity contribution < 1.29 is 4.74 Å². The maximum Gasteiger partial charge on any atom is 0.170 e. The van der Waals surface area contributed by atoms with Gasteiger partial charge in [0.2, 0.25) is 0 Å². The maximum absolute atomic E-state index is 5.49. The predicted octanol–water partition coefficient (Wildman–Crippen LogP) is 3.42. The van der Waals surface area contributed by atoms with Crippen molar-refractivity contribution in [1.82, 2.24) is 10.2 Å². The Kier molecular flexibility index (Phi) is 6.20. The Labute approximate surface area is 152 Å². The third-order valence-electron chi connectivity index (χ3n) is 4.21. The summed E-state index contributed by atoms with van der Waals surface area (Å²) >= 11 is 7.28. The van der Waals surface area contributed by atoms with Gasteiger partial charge in [0.1, 0.15) is 0 Å². The second kappa shape index (κ2) is 8.58. The number of hydrogen-bond donors (Lipinski definition) is 2. The smallest absolute Gasteiger partial charge is 0.170 e. The number of ether oxygens (including phenoxy) is 1. The lowest BCUT2D eigenvalue weighted by Gasteiger charge is -2.34. The van der Waals surface area contributed by atoms with Crippen LogP contribution in [0, 0.1) is 6.92 Å². The molecule has 2 N–H and O–H groups in total. The van der Waals surface area contributed by atoms with Gasteiger partial charge in [0.15, 0.2) is 5.11 Å². The molecule has 1 fully saturated rings. The highest BCUT2D eigenvalue weighted by Gasteiger charge is 2.23. The summed E-state index contributed by atoms with van der Waals surface area (Å²) in [6.07, 6.45) is 0. The number of morpholine rings is 1. The van der Waals surface area contributed by atoms with E-state index in [4.69, 9.17) is 17.0 Å². The monoisotopic (exact) mass is 361 g/mol. The molecule has 1 aliphatic heterocycles. The molecule has 0 saturated carbocycles. The number of rotatable bonds is 5. The minimum Gasteiger partial charge on any atom is -0.379 e. The van der Waals surface area contributed by atoms with Crippen LogP contribution in [0.4, 0.5) is 5.69 Å². The van der Waals surface area contributed by atoms with Gasteiger partial charge in [0.25, 0.3) is 0 Å². The van der Waals surface area contributed by atoms with Crippen LogP contribution in [0.1, 0.15) is 16.5 Å². The zero-order chi connectivity index (χ0) is 16.8.